The number of allylic oxidation sites excluding steroid dienone is 3. The molecule has 0 N–H and O–H groups in total. The number of imidazole rings is 1. The molecular formula is C40H30N4OPt+2. The van der Waals surface area contributed by atoms with Crippen molar-refractivity contribution in [2.24, 2.45) is 7.05 Å². The van der Waals surface area contributed by atoms with Crippen molar-refractivity contribution in [3.05, 3.63) is 156 Å². The summed E-state index contributed by atoms with van der Waals surface area (Å²) < 4.78 is 12.7. The summed E-state index contributed by atoms with van der Waals surface area (Å²) in [6.45, 7) is 6.55. The molecule has 0 radical (unpaired) electrons. The van der Waals surface area contributed by atoms with Crippen LogP contribution in [0.4, 0.5) is 0 Å². The molecule has 0 fully saturated rings. The zero-order chi connectivity index (χ0) is 30.7. The molecule has 0 saturated heterocycles. The summed E-state index contributed by atoms with van der Waals surface area (Å²) in [7, 11) is 2.00. The Labute approximate surface area is 283 Å². The van der Waals surface area contributed by atoms with Crippen LogP contribution in [0.1, 0.15) is 43.0 Å². The number of ether oxygens (including phenoxy) is 1. The second-order valence-electron chi connectivity index (χ2n) is 12.4. The molecule has 5 nitrogen and oxygen atoms in total. The van der Waals surface area contributed by atoms with Crippen LogP contribution in [0.3, 0.4) is 0 Å². The molecule has 0 unspecified atom stereocenters. The summed E-state index contributed by atoms with van der Waals surface area (Å²) in [4.78, 5) is 4.52. The monoisotopic (exact) mass is 777 g/mol. The van der Waals surface area contributed by atoms with Crippen molar-refractivity contribution in [3.8, 4) is 22.6 Å². The SMILES string of the molecule is Cn1[c-][n+](-c2[c-]c(O/C3=C4\C=Cc5cccc(c54)-c4ccccc4C([n+]4[c-]ncc(C(C)(C)C)c4)=[C-]3)ccc2)c2ccccc21.[Pt+4]. The molecule has 6 aromatic rings. The molecule has 224 valence electrons. The van der Waals surface area contributed by atoms with E-state index in [1.165, 1.54) is 0 Å². The molecule has 0 aliphatic heterocycles. The van der Waals surface area contributed by atoms with E-state index in [0.717, 1.165) is 61.4 Å². The van der Waals surface area contributed by atoms with Crippen molar-refractivity contribution < 1.29 is 34.9 Å². The summed E-state index contributed by atoms with van der Waals surface area (Å²) in [5, 5.41) is 0. The molecule has 46 heavy (non-hydrogen) atoms. The molecule has 0 amide bonds. The van der Waals surface area contributed by atoms with E-state index in [4.69, 9.17) is 4.74 Å². The van der Waals surface area contributed by atoms with Crippen molar-refractivity contribution in [1.29, 1.82) is 0 Å². The first-order chi connectivity index (χ1) is 21.8. The average Bonchev–Trinajstić information content (AvgIpc) is 3.64. The fourth-order valence-corrected chi connectivity index (χ4v) is 6.10. The standard InChI is InChI=1S/C40H30N4O.Pt/c1-40(2,3)28-23-41-25-43(24-28)37-22-38(34-20-19-27-11-9-16-33(39(27)34)31-14-5-6-15-32(31)37)45-30-13-10-12-29(21-30)44-26-42(4)35-17-7-8-18-36(35)44;/h5-20,23-24H,1-4H3;/q-2;+4/b33-31?,37-32?,38-34+;. The average molecular weight is 778 g/mol. The third kappa shape index (κ3) is 5.05. The molecule has 2 aliphatic carbocycles. The van der Waals surface area contributed by atoms with E-state index < -0.39 is 0 Å². The number of rotatable bonds is 4. The predicted molar refractivity (Wildman–Crippen MR) is 175 cm³/mol. The predicted octanol–water partition coefficient (Wildman–Crippen LogP) is 7.02. The summed E-state index contributed by atoms with van der Waals surface area (Å²) in [6.07, 6.45) is 18.5. The van der Waals surface area contributed by atoms with Crippen molar-refractivity contribution >= 4 is 28.4 Å². The minimum atomic E-state index is -0.0925. The van der Waals surface area contributed by atoms with E-state index in [1.807, 2.05) is 57.3 Å². The Balaban J connectivity index is 0.00000338. The van der Waals surface area contributed by atoms with E-state index in [9.17, 15) is 0 Å². The van der Waals surface area contributed by atoms with Crippen LogP contribution in [0.25, 0.3) is 45.2 Å². The van der Waals surface area contributed by atoms with Gasteiger partial charge in [0.25, 0.3) is 6.33 Å². The van der Waals surface area contributed by atoms with E-state index in [1.54, 1.807) is 0 Å². The van der Waals surface area contributed by atoms with Gasteiger partial charge in [-0.2, -0.15) is 12.1 Å². The number of hydrogen-bond acceptors (Lipinski definition) is 2. The Morgan fingerprint density at radius 3 is 2.43 bits per heavy atom. The van der Waals surface area contributed by atoms with Gasteiger partial charge in [0, 0.05) is 17.7 Å². The number of para-hydroxylation sites is 2. The quantitative estimate of drug-likeness (QED) is 0.143. The van der Waals surface area contributed by atoms with Crippen LogP contribution < -0.4 is 13.9 Å². The Hall–Kier alpha value is -4.86. The minimum absolute atomic E-state index is 0. The van der Waals surface area contributed by atoms with Crippen LogP contribution in [0, 0.1) is 24.8 Å². The van der Waals surface area contributed by atoms with Gasteiger partial charge in [-0.3, -0.25) is 0 Å². The maximum Gasteiger partial charge on any atom is 4.00 e. The van der Waals surface area contributed by atoms with Crippen LogP contribution >= 0.6 is 0 Å². The number of aryl methyl sites for hydroxylation is 1. The molecule has 0 bridgehead atoms. The van der Waals surface area contributed by atoms with Gasteiger partial charge < -0.3 is 18.4 Å². The summed E-state index contributed by atoms with van der Waals surface area (Å²) in [5.74, 6) is 1.18. The van der Waals surface area contributed by atoms with Crippen LogP contribution in [0.2, 0.25) is 0 Å². The largest absolute Gasteiger partial charge is 4.00 e. The first kappa shape index (κ1) is 29.8. The zero-order valence-electron chi connectivity index (χ0n) is 25.9. The number of hydrogen-bond donors (Lipinski definition) is 0. The Morgan fingerprint density at radius 1 is 0.826 bits per heavy atom. The molecule has 8 rings (SSSR count). The van der Waals surface area contributed by atoms with Gasteiger partial charge in [0.1, 0.15) is 0 Å². The van der Waals surface area contributed by atoms with Gasteiger partial charge in [-0.1, -0.05) is 116 Å². The van der Waals surface area contributed by atoms with Gasteiger partial charge >= 0.3 is 21.1 Å². The minimum Gasteiger partial charge on any atom is -0.510 e. The second kappa shape index (κ2) is 11.5. The third-order valence-corrected chi connectivity index (χ3v) is 8.43. The van der Waals surface area contributed by atoms with E-state index in [0.29, 0.717) is 11.5 Å². The molecular weight excluding hydrogens is 748 g/mol. The topological polar surface area (TPSA) is 34.8 Å². The first-order valence-corrected chi connectivity index (χ1v) is 15.0. The Kier molecular flexibility index (Phi) is 7.45. The third-order valence-electron chi connectivity index (χ3n) is 8.43. The summed E-state index contributed by atoms with van der Waals surface area (Å²) in [6, 6.07) is 32.6. The van der Waals surface area contributed by atoms with Gasteiger partial charge in [-0.25, -0.2) is 0 Å². The Morgan fingerprint density at radius 2 is 1.59 bits per heavy atom. The molecule has 2 aliphatic rings. The molecule has 0 atom stereocenters. The zero-order valence-corrected chi connectivity index (χ0v) is 28.2. The molecule has 0 spiro atoms. The summed E-state index contributed by atoms with van der Waals surface area (Å²) >= 11 is 0. The number of fused-ring (bicyclic) bond motifs is 3. The smallest absolute Gasteiger partial charge is 0.510 e. The molecule has 2 aromatic heterocycles. The fraction of sp³-hybridized carbons (Fsp3) is 0.125. The molecule has 4 aromatic carbocycles. The maximum absolute atomic E-state index is 6.79. The van der Waals surface area contributed by atoms with E-state index in [-0.39, 0.29) is 26.5 Å². The molecule has 6 heteroatoms. The van der Waals surface area contributed by atoms with Gasteiger partial charge in [0.2, 0.25) is 6.33 Å². The fourth-order valence-electron chi connectivity index (χ4n) is 6.10. The van der Waals surface area contributed by atoms with Crippen LogP contribution in [-0.4, -0.2) is 9.55 Å². The number of benzene rings is 4. The van der Waals surface area contributed by atoms with E-state index in [2.05, 4.69) is 123 Å². The van der Waals surface area contributed by atoms with Crippen molar-refractivity contribution in [2.75, 3.05) is 0 Å². The van der Waals surface area contributed by atoms with Gasteiger partial charge in [0.05, 0.1) is 24.3 Å². The number of aromatic nitrogens is 4. The molecule has 2 heterocycles. The van der Waals surface area contributed by atoms with Crippen molar-refractivity contribution in [3.63, 3.8) is 0 Å². The van der Waals surface area contributed by atoms with Gasteiger partial charge in [-0.05, 0) is 22.1 Å². The van der Waals surface area contributed by atoms with Crippen molar-refractivity contribution in [1.82, 2.24) is 9.55 Å². The van der Waals surface area contributed by atoms with Crippen LogP contribution in [-0.2, 0) is 33.5 Å². The first-order valence-electron chi connectivity index (χ1n) is 15.0. The normalized spacial score (nSPS) is 15.0. The summed E-state index contributed by atoms with van der Waals surface area (Å²) in [5.41, 5.74) is 11.3. The van der Waals surface area contributed by atoms with Crippen molar-refractivity contribution in [2.45, 2.75) is 26.2 Å². The van der Waals surface area contributed by atoms with Crippen LogP contribution in [0.15, 0.2) is 109 Å². The van der Waals surface area contributed by atoms with E-state index >= 15 is 0 Å². The second-order valence-corrected chi connectivity index (χ2v) is 12.4. The maximum atomic E-state index is 6.79. The van der Waals surface area contributed by atoms with Gasteiger partial charge in [-0.15, -0.1) is 40.9 Å². The number of nitrogens with zero attached hydrogens (tertiary/aromatic N) is 4. The Bertz CT molecular complexity index is 2250. The molecule has 0 saturated carbocycles. The van der Waals surface area contributed by atoms with Gasteiger partial charge in [0.15, 0.2) is 0 Å². The van der Waals surface area contributed by atoms with Crippen LogP contribution in [0.5, 0.6) is 5.75 Å².